The summed E-state index contributed by atoms with van der Waals surface area (Å²) >= 11 is 5.91. The number of nitrogens with one attached hydrogen (secondary N) is 3. The summed E-state index contributed by atoms with van der Waals surface area (Å²) < 4.78 is 0. The Balaban J connectivity index is 1.42. The lowest BCUT2D eigenvalue weighted by Crippen LogP contribution is -2.40. The first-order valence-electron chi connectivity index (χ1n) is 10.8. The number of fused-ring (bicyclic) bond motifs is 1. The minimum absolute atomic E-state index is 0.0646. The van der Waals surface area contributed by atoms with Crippen molar-refractivity contribution in [3.8, 4) is 0 Å². The summed E-state index contributed by atoms with van der Waals surface area (Å²) in [5.74, 6) is -0.236. The zero-order chi connectivity index (χ0) is 23.9. The van der Waals surface area contributed by atoms with Gasteiger partial charge in [-0.15, -0.1) is 0 Å². The van der Waals surface area contributed by atoms with E-state index in [4.69, 9.17) is 11.6 Å². The van der Waals surface area contributed by atoms with Crippen LogP contribution in [0.5, 0.6) is 0 Å². The molecule has 1 atom stereocenters. The number of benzene rings is 3. The number of hydrogen-bond donors (Lipinski definition) is 3. The van der Waals surface area contributed by atoms with E-state index in [1.165, 1.54) is 0 Å². The SMILES string of the molecule is O=C(CCc1nc2ccccc2c(=O)[nH]1)N[C@@H](C(=O)NCc1ccc(Cl)cc1)c1ccccc1. The van der Waals surface area contributed by atoms with Crippen molar-refractivity contribution in [3.05, 3.63) is 111 Å². The van der Waals surface area contributed by atoms with Crippen LogP contribution in [0.25, 0.3) is 10.9 Å². The molecular weight excluding hydrogens is 452 g/mol. The third kappa shape index (κ3) is 5.88. The maximum atomic E-state index is 13.0. The van der Waals surface area contributed by atoms with E-state index in [9.17, 15) is 14.4 Å². The molecule has 3 N–H and O–H groups in total. The molecule has 34 heavy (non-hydrogen) atoms. The van der Waals surface area contributed by atoms with E-state index in [2.05, 4.69) is 20.6 Å². The molecule has 7 nitrogen and oxygen atoms in total. The third-order valence-electron chi connectivity index (χ3n) is 5.33. The number of amides is 2. The first-order chi connectivity index (χ1) is 16.5. The van der Waals surface area contributed by atoms with Crippen molar-refractivity contribution in [2.45, 2.75) is 25.4 Å². The maximum Gasteiger partial charge on any atom is 0.258 e. The molecule has 4 rings (SSSR count). The van der Waals surface area contributed by atoms with E-state index in [0.717, 1.165) is 5.56 Å². The van der Waals surface area contributed by atoms with Gasteiger partial charge in [-0.1, -0.05) is 66.2 Å². The molecule has 0 bridgehead atoms. The zero-order valence-corrected chi connectivity index (χ0v) is 19.0. The van der Waals surface area contributed by atoms with Crippen molar-refractivity contribution in [1.29, 1.82) is 0 Å². The summed E-state index contributed by atoms with van der Waals surface area (Å²) in [5, 5.41) is 6.79. The lowest BCUT2D eigenvalue weighted by atomic mass is 10.1. The van der Waals surface area contributed by atoms with Gasteiger partial charge in [0.25, 0.3) is 5.56 Å². The number of carbonyl (C=O) groups excluding carboxylic acids is 2. The van der Waals surface area contributed by atoms with E-state index < -0.39 is 6.04 Å². The molecule has 0 aliphatic carbocycles. The molecule has 0 unspecified atom stereocenters. The topological polar surface area (TPSA) is 104 Å². The predicted molar refractivity (Wildman–Crippen MR) is 131 cm³/mol. The molecule has 172 valence electrons. The minimum atomic E-state index is -0.857. The number of nitrogens with zero attached hydrogens (tertiary/aromatic N) is 1. The van der Waals surface area contributed by atoms with E-state index in [0.29, 0.717) is 33.9 Å². The van der Waals surface area contributed by atoms with Crippen LogP contribution in [0.2, 0.25) is 5.02 Å². The number of H-pyrrole nitrogens is 1. The molecule has 0 aliphatic heterocycles. The Morgan fingerprint density at radius 3 is 2.41 bits per heavy atom. The van der Waals surface area contributed by atoms with Crippen molar-refractivity contribution in [3.63, 3.8) is 0 Å². The molecule has 0 fully saturated rings. The average Bonchev–Trinajstić information content (AvgIpc) is 2.86. The number of hydrogen-bond acceptors (Lipinski definition) is 4. The van der Waals surface area contributed by atoms with Gasteiger partial charge in [-0.05, 0) is 35.4 Å². The molecule has 0 saturated carbocycles. The lowest BCUT2D eigenvalue weighted by molar-refractivity contribution is -0.129. The second-order valence-electron chi connectivity index (χ2n) is 7.79. The molecular formula is C26H23ClN4O3. The van der Waals surface area contributed by atoms with Crippen molar-refractivity contribution < 1.29 is 9.59 Å². The van der Waals surface area contributed by atoms with Crippen LogP contribution in [0.1, 0.15) is 29.4 Å². The summed E-state index contributed by atoms with van der Waals surface area (Å²) in [5.41, 5.74) is 1.89. The molecule has 1 heterocycles. The summed E-state index contributed by atoms with van der Waals surface area (Å²) in [6, 6.07) is 22.4. The molecule has 0 aliphatic rings. The Kier molecular flexibility index (Phi) is 7.34. The van der Waals surface area contributed by atoms with Crippen LogP contribution in [0.3, 0.4) is 0 Å². The van der Waals surface area contributed by atoms with Gasteiger partial charge < -0.3 is 15.6 Å². The second kappa shape index (κ2) is 10.8. The molecule has 1 aromatic heterocycles. The maximum absolute atomic E-state index is 13.0. The summed E-state index contributed by atoms with van der Waals surface area (Å²) in [4.78, 5) is 45.1. The van der Waals surface area contributed by atoms with Gasteiger partial charge in [-0.3, -0.25) is 14.4 Å². The van der Waals surface area contributed by atoms with Crippen LogP contribution < -0.4 is 16.2 Å². The highest BCUT2D eigenvalue weighted by molar-refractivity contribution is 6.30. The zero-order valence-electron chi connectivity index (χ0n) is 18.3. The van der Waals surface area contributed by atoms with Crippen molar-refractivity contribution >= 4 is 34.3 Å². The smallest absolute Gasteiger partial charge is 0.258 e. The summed E-state index contributed by atoms with van der Waals surface area (Å²) in [6.07, 6.45) is 0.300. The Bertz CT molecular complexity index is 1350. The Hall–Kier alpha value is -3.97. The summed E-state index contributed by atoms with van der Waals surface area (Å²) in [7, 11) is 0. The molecule has 0 saturated heterocycles. The number of carbonyl (C=O) groups is 2. The minimum Gasteiger partial charge on any atom is -0.350 e. The number of para-hydroxylation sites is 1. The highest BCUT2D eigenvalue weighted by Crippen LogP contribution is 2.15. The number of aromatic nitrogens is 2. The average molecular weight is 475 g/mol. The Morgan fingerprint density at radius 1 is 0.941 bits per heavy atom. The molecule has 3 aromatic carbocycles. The van der Waals surface area contributed by atoms with E-state index in [-0.39, 0.29) is 30.2 Å². The fraction of sp³-hybridized carbons (Fsp3) is 0.154. The van der Waals surface area contributed by atoms with Crippen molar-refractivity contribution in [1.82, 2.24) is 20.6 Å². The number of aromatic amines is 1. The fourth-order valence-corrected chi connectivity index (χ4v) is 3.68. The van der Waals surface area contributed by atoms with Crippen LogP contribution in [-0.4, -0.2) is 21.8 Å². The van der Waals surface area contributed by atoms with Crippen LogP contribution in [0.15, 0.2) is 83.7 Å². The quantitative estimate of drug-likeness (QED) is 0.362. The molecule has 0 spiro atoms. The van der Waals surface area contributed by atoms with Crippen LogP contribution in [0.4, 0.5) is 0 Å². The monoisotopic (exact) mass is 474 g/mol. The number of halogens is 1. The Labute approximate surface area is 201 Å². The first kappa shape index (κ1) is 23.2. The highest BCUT2D eigenvalue weighted by Gasteiger charge is 2.22. The van der Waals surface area contributed by atoms with Crippen LogP contribution in [-0.2, 0) is 22.6 Å². The fourth-order valence-electron chi connectivity index (χ4n) is 3.56. The van der Waals surface area contributed by atoms with Gasteiger partial charge >= 0.3 is 0 Å². The second-order valence-corrected chi connectivity index (χ2v) is 8.22. The van der Waals surface area contributed by atoms with Crippen LogP contribution in [0, 0.1) is 0 Å². The van der Waals surface area contributed by atoms with E-state index in [1.807, 2.05) is 30.3 Å². The molecule has 4 aromatic rings. The molecule has 8 heteroatoms. The van der Waals surface area contributed by atoms with Gasteiger partial charge in [0.2, 0.25) is 11.8 Å². The van der Waals surface area contributed by atoms with Gasteiger partial charge in [0, 0.05) is 24.4 Å². The first-order valence-corrected chi connectivity index (χ1v) is 11.2. The molecule has 2 amide bonds. The van der Waals surface area contributed by atoms with Gasteiger partial charge in [-0.2, -0.15) is 0 Å². The van der Waals surface area contributed by atoms with Gasteiger partial charge in [0.05, 0.1) is 10.9 Å². The normalized spacial score (nSPS) is 11.7. The standard InChI is InChI=1S/C26H23ClN4O3/c27-19-12-10-17(11-13-19)16-28-26(34)24(18-6-2-1-3-7-18)31-23(32)15-14-22-29-21-9-5-4-8-20(21)25(33)30-22/h1-13,24H,14-16H2,(H,28,34)(H,31,32)(H,29,30,33)/t24-/m1/s1. The summed E-state index contributed by atoms with van der Waals surface area (Å²) in [6.45, 7) is 0.303. The van der Waals surface area contributed by atoms with Gasteiger partial charge in [0.15, 0.2) is 0 Å². The van der Waals surface area contributed by atoms with Crippen molar-refractivity contribution in [2.24, 2.45) is 0 Å². The lowest BCUT2D eigenvalue weighted by Gasteiger charge is -2.19. The van der Waals surface area contributed by atoms with Crippen LogP contribution >= 0.6 is 11.6 Å². The number of aryl methyl sites for hydroxylation is 1. The number of rotatable bonds is 8. The van der Waals surface area contributed by atoms with E-state index >= 15 is 0 Å². The Morgan fingerprint density at radius 2 is 1.65 bits per heavy atom. The third-order valence-corrected chi connectivity index (χ3v) is 5.58. The van der Waals surface area contributed by atoms with E-state index in [1.54, 1.807) is 48.5 Å². The highest BCUT2D eigenvalue weighted by atomic mass is 35.5. The van der Waals surface area contributed by atoms with Gasteiger partial charge in [-0.25, -0.2) is 4.98 Å². The molecule has 0 radical (unpaired) electrons. The van der Waals surface area contributed by atoms with Crippen molar-refractivity contribution in [2.75, 3.05) is 0 Å². The predicted octanol–water partition coefficient (Wildman–Crippen LogP) is 3.68. The van der Waals surface area contributed by atoms with Gasteiger partial charge in [0.1, 0.15) is 11.9 Å². The largest absolute Gasteiger partial charge is 0.350 e.